The molecule has 1 heterocycles. The molecule has 1 aliphatic heterocycles. The molecular formula is C21H22N2OS2. The molecule has 1 aliphatic rings. The maximum absolute atomic E-state index is 12.7. The Labute approximate surface area is 164 Å². The van der Waals surface area contributed by atoms with Crippen molar-refractivity contribution < 1.29 is 4.79 Å². The Morgan fingerprint density at radius 2 is 1.92 bits per heavy atom. The highest BCUT2D eigenvalue weighted by molar-refractivity contribution is 8.26. The predicted octanol–water partition coefficient (Wildman–Crippen LogP) is 5.39. The zero-order chi connectivity index (χ0) is 18.7. The van der Waals surface area contributed by atoms with Crippen molar-refractivity contribution in [2.45, 2.75) is 26.7 Å². The number of anilines is 1. The van der Waals surface area contributed by atoms with E-state index in [0.29, 0.717) is 21.8 Å². The third-order valence-corrected chi connectivity index (χ3v) is 5.61. The van der Waals surface area contributed by atoms with Gasteiger partial charge in [-0.15, -0.1) is 0 Å². The Kier molecular flexibility index (Phi) is 5.79. The zero-order valence-corrected chi connectivity index (χ0v) is 16.8. The van der Waals surface area contributed by atoms with Gasteiger partial charge in [0, 0.05) is 5.69 Å². The van der Waals surface area contributed by atoms with Gasteiger partial charge in [-0.05, 0) is 47.7 Å². The topological polar surface area (TPSA) is 32.3 Å². The minimum Gasteiger partial charge on any atom is -0.367 e. The molecule has 1 N–H and O–H groups in total. The second kappa shape index (κ2) is 8.06. The van der Waals surface area contributed by atoms with Crippen LogP contribution in [0.1, 0.15) is 36.5 Å². The van der Waals surface area contributed by atoms with Crippen molar-refractivity contribution in [2.75, 3.05) is 12.0 Å². The summed E-state index contributed by atoms with van der Waals surface area (Å²) in [6.45, 7) is 6.75. The number of amides is 1. The molecule has 26 heavy (non-hydrogen) atoms. The van der Waals surface area contributed by atoms with Gasteiger partial charge >= 0.3 is 0 Å². The Hall–Kier alpha value is -2.11. The summed E-state index contributed by atoms with van der Waals surface area (Å²) in [6, 6.07) is 16.4. The second-order valence-electron chi connectivity index (χ2n) is 6.64. The van der Waals surface area contributed by atoms with Crippen LogP contribution in [0.25, 0.3) is 6.08 Å². The number of hydrogen-bond donors (Lipinski definition) is 1. The van der Waals surface area contributed by atoms with Crippen LogP contribution in [0.15, 0.2) is 53.4 Å². The molecule has 3 nitrogen and oxygen atoms in total. The molecule has 2 aromatic carbocycles. The minimum atomic E-state index is -0.0481. The summed E-state index contributed by atoms with van der Waals surface area (Å²) in [7, 11) is 0. The fourth-order valence-electron chi connectivity index (χ4n) is 2.69. The van der Waals surface area contributed by atoms with Crippen molar-refractivity contribution in [2.24, 2.45) is 0 Å². The number of carbonyl (C=O) groups is 1. The molecule has 5 heteroatoms. The lowest BCUT2D eigenvalue weighted by atomic mass is 10.0. The van der Waals surface area contributed by atoms with Crippen molar-refractivity contribution in [3.8, 4) is 0 Å². The molecule has 0 saturated carbocycles. The molecule has 0 aromatic heterocycles. The number of benzene rings is 2. The Bertz CT molecular complexity index is 857. The number of aryl methyl sites for hydroxylation is 1. The van der Waals surface area contributed by atoms with E-state index in [1.807, 2.05) is 49.4 Å². The van der Waals surface area contributed by atoms with E-state index < -0.39 is 0 Å². The average molecular weight is 383 g/mol. The van der Waals surface area contributed by atoms with E-state index in [1.165, 1.54) is 22.9 Å². The standard InChI is InChI=1S/C21H22N2OS2/c1-14(2)17-9-7-16(8-10-17)12-19-20(24)23(21(25)26-19)13-22-18-6-4-5-15(3)11-18/h4-12,14,22H,13H2,1-3H3. The van der Waals surface area contributed by atoms with Gasteiger partial charge in [-0.1, -0.05) is 74.2 Å². The predicted molar refractivity (Wildman–Crippen MR) is 115 cm³/mol. The van der Waals surface area contributed by atoms with Crippen LogP contribution in [0.4, 0.5) is 5.69 Å². The average Bonchev–Trinajstić information content (AvgIpc) is 2.87. The molecule has 1 saturated heterocycles. The molecule has 0 spiro atoms. The van der Waals surface area contributed by atoms with Gasteiger partial charge in [0.2, 0.25) is 0 Å². The number of thioether (sulfide) groups is 1. The van der Waals surface area contributed by atoms with E-state index >= 15 is 0 Å². The van der Waals surface area contributed by atoms with Gasteiger partial charge in [0.25, 0.3) is 5.91 Å². The van der Waals surface area contributed by atoms with Gasteiger partial charge in [0.15, 0.2) is 0 Å². The van der Waals surface area contributed by atoms with E-state index in [-0.39, 0.29) is 5.91 Å². The van der Waals surface area contributed by atoms with E-state index in [1.54, 1.807) is 4.90 Å². The SMILES string of the molecule is Cc1cccc(NCN2C(=O)C(=Cc3ccc(C(C)C)cc3)SC2=S)c1. The van der Waals surface area contributed by atoms with Gasteiger partial charge < -0.3 is 5.32 Å². The number of nitrogens with zero attached hydrogens (tertiary/aromatic N) is 1. The monoisotopic (exact) mass is 382 g/mol. The minimum absolute atomic E-state index is 0.0481. The third-order valence-electron chi connectivity index (χ3n) is 4.23. The summed E-state index contributed by atoms with van der Waals surface area (Å²) < 4.78 is 0.584. The molecule has 0 aliphatic carbocycles. The molecule has 0 radical (unpaired) electrons. The molecule has 0 unspecified atom stereocenters. The second-order valence-corrected chi connectivity index (χ2v) is 8.31. The fraction of sp³-hybridized carbons (Fsp3) is 0.238. The first-order chi connectivity index (χ1) is 12.4. The van der Waals surface area contributed by atoms with Gasteiger partial charge in [-0.25, -0.2) is 0 Å². The summed E-state index contributed by atoms with van der Waals surface area (Å²) in [4.78, 5) is 15.0. The largest absolute Gasteiger partial charge is 0.367 e. The van der Waals surface area contributed by atoms with Crippen LogP contribution in [0, 0.1) is 6.92 Å². The number of thiocarbonyl (C=S) groups is 1. The van der Waals surface area contributed by atoms with Gasteiger partial charge in [-0.2, -0.15) is 0 Å². The van der Waals surface area contributed by atoms with E-state index in [9.17, 15) is 4.79 Å². The molecule has 134 valence electrons. The van der Waals surface area contributed by atoms with Crippen LogP contribution >= 0.6 is 24.0 Å². The van der Waals surface area contributed by atoms with Gasteiger partial charge in [0.05, 0.1) is 11.6 Å². The number of rotatable bonds is 5. The highest BCUT2D eigenvalue weighted by atomic mass is 32.2. The van der Waals surface area contributed by atoms with Crippen molar-refractivity contribution in [1.82, 2.24) is 4.90 Å². The highest BCUT2D eigenvalue weighted by Crippen LogP contribution is 2.32. The van der Waals surface area contributed by atoms with Crippen LogP contribution in [0.3, 0.4) is 0 Å². The van der Waals surface area contributed by atoms with Crippen molar-refractivity contribution in [3.63, 3.8) is 0 Å². The van der Waals surface area contributed by atoms with Crippen LogP contribution in [0.5, 0.6) is 0 Å². The summed E-state index contributed by atoms with van der Waals surface area (Å²) in [6.07, 6.45) is 1.91. The molecule has 2 aromatic rings. The Morgan fingerprint density at radius 3 is 2.58 bits per heavy atom. The lowest BCUT2D eigenvalue weighted by Gasteiger charge is -2.16. The lowest BCUT2D eigenvalue weighted by molar-refractivity contribution is -0.121. The highest BCUT2D eigenvalue weighted by Gasteiger charge is 2.31. The molecular weight excluding hydrogens is 360 g/mol. The normalized spacial score (nSPS) is 16.0. The van der Waals surface area contributed by atoms with Gasteiger partial charge in [0.1, 0.15) is 4.32 Å². The van der Waals surface area contributed by atoms with Crippen LogP contribution in [-0.4, -0.2) is 21.8 Å². The molecule has 1 amide bonds. The van der Waals surface area contributed by atoms with Crippen molar-refractivity contribution >= 4 is 46.0 Å². The van der Waals surface area contributed by atoms with E-state index in [0.717, 1.165) is 11.3 Å². The molecule has 1 fully saturated rings. The number of carbonyl (C=O) groups excluding carboxylic acids is 1. The molecule has 0 bridgehead atoms. The maximum Gasteiger partial charge on any atom is 0.267 e. The van der Waals surface area contributed by atoms with Crippen LogP contribution in [-0.2, 0) is 4.79 Å². The van der Waals surface area contributed by atoms with Crippen LogP contribution < -0.4 is 5.32 Å². The van der Waals surface area contributed by atoms with Crippen molar-refractivity contribution in [1.29, 1.82) is 0 Å². The first kappa shape index (κ1) is 18.7. The first-order valence-electron chi connectivity index (χ1n) is 8.60. The summed E-state index contributed by atoms with van der Waals surface area (Å²) >= 11 is 6.75. The first-order valence-corrected chi connectivity index (χ1v) is 9.82. The molecule has 3 rings (SSSR count). The Balaban J connectivity index is 1.69. The third kappa shape index (κ3) is 4.34. The van der Waals surface area contributed by atoms with E-state index in [2.05, 4.69) is 31.3 Å². The smallest absolute Gasteiger partial charge is 0.267 e. The fourth-order valence-corrected chi connectivity index (χ4v) is 3.95. The lowest BCUT2D eigenvalue weighted by Crippen LogP contribution is -2.33. The quantitative estimate of drug-likeness (QED) is 0.555. The van der Waals surface area contributed by atoms with Crippen molar-refractivity contribution in [3.05, 3.63) is 70.1 Å². The summed E-state index contributed by atoms with van der Waals surface area (Å²) in [5.74, 6) is 0.447. The Morgan fingerprint density at radius 1 is 1.19 bits per heavy atom. The zero-order valence-electron chi connectivity index (χ0n) is 15.2. The maximum atomic E-state index is 12.7. The van der Waals surface area contributed by atoms with Crippen LogP contribution in [0.2, 0.25) is 0 Å². The number of hydrogen-bond acceptors (Lipinski definition) is 4. The summed E-state index contributed by atoms with van der Waals surface area (Å²) in [5.41, 5.74) is 4.45. The number of nitrogens with one attached hydrogen (secondary N) is 1. The van der Waals surface area contributed by atoms with Gasteiger partial charge in [-0.3, -0.25) is 9.69 Å². The summed E-state index contributed by atoms with van der Waals surface area (Å²) in [5, 5.41) is 3.27. The molecule has 0 atom stereocenters. The van der Waals surface area contributed by atoms with E-state index in [4.69, 9.17) is 12.2 Å².